The number of fused-ring (bicyclic) bond motifs is 3. The van der Waals surface area contributed by atoms with Gasteiger partial charge in [-0.05, 0) is 60.2 Å². The van der Waals surface area contributed by atoms with Crippen molar-refractivity contribution < 1.29 is 0 Å². The van der Waals surface area contributed by atoms with Crippen LogP contribution in [0.2, 0.25) is 0 Å². The van der Waals surface area contributed by atoms with Gasteiger partial charge in [0.2, 0.25) is 0 Å². The van der Waals surface area contributed by atoms with Crippen molar-refractivity contribution >= 4 is 33.3 Å². The topological polar surface area (TPSA) is 78.5 Å². The number of aromatic nitrogens is 6. The van der Waals surface area contributed by atoms with Crippen LogP contribution in [-0.4, -0.2) is 29.8 Å². The van der Waals surface area contributed by atoms with Crippen molar-refractivity contribution in [2.45, 2.75) is 50.6 Å². The van der Waals surface area contributed by atoms with Gasteiger partial charge >= 0.3 is 0 Å². The van der Waals surface area contributed by atoms with Crippen LogP contribution in [0.25, 0.3) is 15.9 Å². The Bertz CT molecular complexity index is 1260. The third-order valence-corrected chi connectivity index (χ3v) is 7.68. The van der Waals surface area contributed by atoms with Crippen LogP contribution in [0.1, 0.15) is 36.5 Å². The lowest BCUT2D eigenvalue weighted by Gasteiger charge is -2.17. The minimum absolute atomic E-state index is 0.0831. The number of hydrogen-bond acceptors (Lipinski definition) is 7. The first-order valence-electron chi connectivity index (χ1n) is 10.2. The van der Waals surface area contributed by atoms with E-state index >= 15 is 0 Å². The van der Waals surface area contributed by atoms with Crippen molar-refractivity contribution in [3.8, 4) is 5.69 Å². The van der Waals surface area contributed by atoms with E-state index in [4.69, 9.17) is 4.98 Å². The molecule has 0 aliphatic heterocycles. The number of tetrazole rings is 1. The minimum atomic E-state index is 0.0831. The maximum atomic E-state index is 13.3. The van der Waals surface area contributed by atoms with E-state index in [1.807, 2.05) is 37.3 Å². The third kappa shape index (κ3) is 3.35. The first-order valence-corrected chi connectivity index (χ1v) is 12.0. The molecule has 7 nitrogen and oxygen atoms in total. The van der Waals surface area contributed by atoms with E-state index in [-0.39, 0.29) is 5.56 Å². The van der Waals surface area contributed by atoms with Crippen molar-refractivity contribution in [1.29, 1.82) is 0 Å². The third-order valence-electron chi connectivity index (χ3n) is 5.56. The zero-order chi connectivity index (χ0) is 20.7. The average molecular weight is 439 g/mol. The number of aryl methyl sites for hydroxylation is 1. The highest BCUT2D eigenvalue weighted by atomic mass is 32.2. The summed E-state index contributed by atoms with van der Waals surface area (Å²) in [6.07, 6.45) is 3.18. The molecule has 1 atom stereocenters. The summed E-state index contributed by atoms with van der Waals surface area (Å²) >= 11 is 3.20. The second-order valence-electron chi connectivity index (χ2n) is 7.61. The van der Waals surface area contributed by atoms with Gasteiger partial charge in [0.25, 0.3) is 5.56 Å². The van der Waals surface area contributed by atoms with Gasteiger partial charge in [0.05, 0.1) is 16.8 Å². The van der Waals surface area contributed by atoms with E-state index in [1.54, 1.807) is 20.6 Å². The molecule has 0 amide bonds. The van der Waals surface area contributed by atoms with Crippen molar-refractivity contribution in [2.24, 2.45) is 5.92 Å². The SMILES string of the molecule is CCn1c(SCc2nnnn2-c2ccccc2)nc2sc3c(c2c1=O)CC[C@@H](C)C3. The first kappa shape index (κ1) is 19.4. The van der Waals surface area contributed by atoms with Gasteiger partial charge in [0, 0.05) is 11.4 Å². The predicted molar refractivity (Wildman–Crippen MR) is 119 cm³/mol. The summed E-state index contributed by atoms with van der Waals surface area (Å²) in [5.74, 6) is 1.93. The van der Waals surface area contributed by atoms with E-state index in [9.17, 15) is 4.79 Å². The van der Waals surface area contributed by atoms with Crippen LogP contribution in [0.15, 0.2) is 40.3 Å². The summed E-state index contributed by atoms with van der Waals surface area (Å²) in [6, 6.07) is 9.81. The van der Waals surface area contributed by atoms with Crippen molar-refractivity contribution in [2.75, 3.05) is 0 Å². The van der Waals surface area contributed by atoms with Gasteiger partial charge in [0.1, 0.15) is 4.83 Å². The van der Waals surface area contributed by atoms with Gasteiger partial charge in [-0.2, -0.15) is 4.68 Å². The van der Waals surface area contributed by atoms with Gasteiger partial charge in [-0.1, -0.05) is 36.9 Å². The molecular weight excluding hydrogens is 416 g/mol. The Morgan fingerprint density at radius 1 is 1.27 bits per heavy atom. The number of thioether (sulfide) groups is 1. The number of benzene rings is 1. The van der Waals surface area contributed by atoms with Crippen LogP contribution in [0.3, 0.4) is 0 Å². The molecule has 0 radical (unpaired) electrons. The lowest BCUT2D eigenvalue weighted by molar-refractivity contribution is 0.509. The molecule has 3 aromatic heterocycles. The van der Waals surface area contributed by atoms with Crippen LogP contribution in [-0.2, 0) is 25.1 Å². The molecule has 30 heavy (non-hydrogen) atoms. The quantitative estimate of drug-likeness (QED) is 0.348. The lowest BCUT2D eigenvalue weighted by atomic mass is 9.89. The summed E-state index contributed by atoms with van der Waals surface area (Å²) in [6.45, 7) is 4.87. The second kappa shape index (κ2) is 7.96. The van der Waals surface area contributed by atoms with Gasteiger partial charge in [-0.25, -0.2) is 4.98 Å². The molecule has 1 aliphatic carbocycles. The molecule has 154 valence electrons. The normalized spacial score (nSPS) is 16.1. The Morgan fingerprint density at radius 3 is 2.90 bits per heavy atom. The molecule has 0 saturated heterocycles. The standard InChI is InChI=1S/C21H22N6OS2/c1-3-26-20(28)18-15-10-9-13(2)11-16(15)30-19(18)22-21(26)29-12-17-23-24-25-27(17)14-7-5-4-6-8-14/h4-8,13H,3,9-12H2,1-2H3/t13-/m1/s1. The second-order valence-corrected chi connectivity index (χ2v) is 9.63. The molecule has 0 fully saturated rings. The van der Waals surface area contributed by atoms with Crippen molar-refractivity contribution in [1.82, 2.24) is 29.8 Å². The van der Waals surface area contributed by atoms with Crippen LogP contribution in [0.4, 0.5) is 0 Å². The highest BCUT2D eigenvalue weighted by molar-refractivity contribution is 7.98. The maximum Gasteiger partial charge on any atom is 0.263 e. The number of nitrogens with zero attached hydrogens (tertiary/aromatic N) is 6. The summed E-state index contributed by atoms with van der Waals surface area (Å²) in [7, 11) is 0. The summed E-state index contributed by atoms with van der Waals surface area (Å²) in [4.78, 5) is 20.4. The monoisotopic (exact) mass is 438 g/mol. The fraction of sp³-hybridized carbons (Fsp3) is 0.381. The molecule has 9 heteroatoms. The Morgan fingerprint density at radius 2 is 2.10 bits per heavy atom. The molecule has 0 unspecified atom stereocenters. The van der Waals surface area contributed by atoms with Gasteiger partial charge < -0.3 is 0 Å². The molecular formula is C21H22N6OS2. The van der Waals surface area contributed by atoms with Crippen molar-refractivity contribution in [3.63, 3.8) is 0 Å². The van der Waals surface area contributed by atoms with Crippen LogP contribution in [0.5, 0.6) is 0 Å². The molecule has 3 heterocycles. The molecule has 1 aromatic carbocycles. The molecule has 5 rings (SSSR count). The van der Waals surface area contributed by atoms with E-state index in [0.717, 1.165) is 46.1 Å². The van der Waals surface area contributed by atoms with E-state index < -0.39 is 0 Å². The summed E-state index contributed by atoms with van der Waals surface area (Å²) in [5.41, 5.74) is 2.23. The first-order chi connectivity index (χ1) is 14.7. The van der Waals surface area contributed by atoms with Gasteiger partial charge in [-0.3, -0.25) is 9.36 Å². The van der Waals surface area contributed by atoms with Crippen LogP contribution in [0, 0.1) is 5.92 Å². The predicted octanol–water partition coefficient (Wildman–Crippen LogP) is 3.87. The zero-order valence-electron chi connectivity index (χ0n) is 16.9. The summed E-state index contributed by atoms with van der Waals surface area (Å²) in [5, 5.41) is 13.7. The van der Waals surface area contributed by atoms with Gasteiger partial charge in [0.15, 0.2) is 11.0 Å². The molecule has 0 saturated carbocycles. The highest BCUT2D eigenvalue weighted by Crippen LogP contribution is 2.36. The number of para-hydroxylation sites is 1. The Balaban J connectivity index is 1.50. The molecule has 1 aliphatic rings. The zero-order valence-corrected chi connectivity index (χ0v) is 18.5. The van der Waals surface area contributed by atoms with Crippen LogP contribution < -0.4 is 5.56 Å². The molecule has 0 spiro atoms. The van der Waals surface area contributed by atoms with Crippen molar-refractivity contribution in [3.05, 3.63) is 57.0 Å². The molecule has 0 bridgehead atoms. The van der Waals surface area contributed by atoms with E-state index in [2.05, 4.69) is 22.4 Å². The lowest BCUT2D eigenvalue weighted by Crippen LogP contribution is -2.23. The average Bonchev–Trinajstić information content (AvgIpc) is 3.36. The summed E-state index contributed by atoms with van der Waals surface area (Å²) < 4.78 is 3.51. The molecule has 4 aromatic rings. The number of rotatable bonds is 5. The minimum Gasteiger partial charge on any atom is -0.287 e. The number of hydrogen-bond donors (Lipinski definition) is 0. The Labute approximate surface area is 182 Å². The van der Waals surface area contributed by atoms with E-state index in [1.165, 1.54) is 22.2 Å². The van der Waals surface area contributed by atoms with E-state index in [0.29, 0.717) is 18.2 Å². The highest BCUT2D eigenvalue weighted by Gasteiger charge is 2.24. The Hall–Kier alpha value is -2.52. The Kier molecular flexibility index (Phi) is 5.16. The van der Waals surface area contributed by atoms with Gasteiger partial charge in [-0.15, -0.1) is 16.4 Å². The largest absolute Gasteiger partial charge is 0.287 e. The fourth-order valence-corrected chi connectivity index (χ4v) is 6.38. The number of thiophene rings is 1. The molecule has 0 N–H and O–H groups in total. The maximum absolute atomic E-state index is 13.3. The van der Waals surface area contributed by atoms with Crippen LogP contribution >= 0.6 is 23.1 Å². The smallest absolute Gasteiger partial charge is 0.263 e. The fourth-order valence-electron chi connectivity index (χ4n) is 3.99.